The second-order valence-electron chi connectivity index (χ2n) is 15.3. The van der Waals surface area contributed by atoms with E-state index in [0.717, 1.165) is 18.6 Å². The van der Waals surface area contributed by atoms with Crippen LogP contribution in [0.4, 0.5) is 0 Å². The molecule has 0 spiro atoms. The van der Waals surface area contributed by atoms with Crippen LogP contribution in [0.3, 0.4) is 0 Å². The van der Waals surface area contributed by atoms with Crippen LogP contribution in [0.2, 0.25) is 0 Å². The lowest BCUT2D eigenvalue weighted by atomic mass is 9.77. The van der Waals surface area contributed by atoms with Gasteiger partial charge in [-0.05, 0) is 78.8 Å². The molecule has 1 aliphatic heterocycles. The van der Waals surface area contributed by atoms with Crippen LogP contribution in [-0.2, 0) is 29.0 Å². The number of aldehydes is 1. The Morgan fingerprint density at radius 2 is 1.66 bits per heavy atom. The largest absolute Gasteiger partial charge is 0.507 e. The summed E-state index contributed by atoms with van der Waals surface area (Å²) in [6.07, 6.45) is -4.72. The summed E-state index contributed by atoms with van der Waals surface area (Å²) in [5, 5.41) is 75.7. The summed E-state index contributed by atoms with van der Waals surface area (Å²) < 4.78 is 17.1. The first-order chi connectivity index (χ1) is 29.4. The molecule has 5 atom stereocenters. The van der Waals surface area contributed by atoms with Crippen LogP contribution >= 0.6 is 0 Å². The zero-order valence-electron chi connectivity index (χ0n) is 33.9. The molecule has 1 saturated heterocycles. The maximum Gasteiger partial charge on any atom is 0.308 e. The average Bonchev–Trinajstić information content (AvgIpc) is 3.23. The fourth-order valence-electron chi connectivity index (χ4n) is 7.82. The van der Waals surface area contributed by atoms with Gasteiger partial charge in [0.25, 0.3) is 0 Å². The molecule has 17 heteroatoms. The Kier molecular flexibility index (Phi) is 13.8. The quantitative estimate of drug-likeness (QED) is 0.0233. The molecular weight excluding hydrogens is 807 g/mol. The maximum absolute atomic E-state index is 14.9. The van der Waals surface area contributed by atoms with E-state index in [1.807, 2.05) is 6.07 Å². The van der Waals surface area contributed by atoms with E-state index in [0.29, 0.717) is 37.7 Å². The molecule has 0 saturated carbocycles. The van der Waals surface area contributed by atoms with Gasteiger partial charge in [-0.1, -0.05) is 48.5 Å². The van der Waals surface area contributed by atoms with E-state index in [1.54, 1.807) is 30.3 Å². The summed E-state index contributed by atoms with van der Waals surface area (Å²) in [6, 6.07) is 14.0. The third kappa shape index (κ3) is 8.95. The highest BCUT2D eigenvalue weighted by atomic mass is 16.7. The number of hydrogen-bond donors (Lipinski definition) is 10. The van der Waals surface area contributed by atoms with Gasteiger partial charge in [-0.3, -0.25) is 19.2 Å². The van der Waals surface area contributed by atoms with Crippen molar-refractivity contribution in [1.82, 2.24) is 0 Å². The number of phenols is 1. The lowest BCUT2D eigenvalue weighted by molar-refractivity contribution is -0.371. The summed E-state index contributed by atoms with van der Waals surface area (Å²) in [7, 11) is 0. The Morgan fingerprint density at radius 3 is 2.32 bits per heavy atom. The van der Waals surface area contributed by atoms with Crippen molar-refractivity contribution in [3.63, 3.8) is 0 Å². The number of aliphatic hydroxyl groups is 6. The molecule has 0 amide bonds. The van der Waals surface area contributed by atoms with Crippen molar-refractivity contribution >= 4 is 36.0 Å². The van der Waals surface area contributed by atoms with Gasteiger partial charge < -0.3 is 67.2 Å². The standard InChI is InChI=1S/C45H49N3O14/c1-21-41(56)45(58,59)42(57)44(60-21)62-34-18-31-37(38(53)30(34)16-25-8-4-10-28(43(47)48)32(25)20-50)40(55)35-26(19-49)17-33(61-22(2)51)29(36(35)39(31)54)12-11-23-6-3-7-24(14-23)15-27(52)9-5-13-46/h3-4,6-8,10-12,14,17-18,20-21,27,41-44,49,52-53,56-59H,5,9,13,15-16,19,46-48H2,1-2H3/b12-11+/t21-,27+,41+,42-,44+/m0/s1. The zero-order valence-corrected chi connectivity index (χ0v) is 33.9. The minimum absolute atomic E-state index is 0.0408. The van der Waals surface area contributed by atoms with Gasteiger partial charge in [0.05, 0.1) is 30.5 Å². The second-order valence-corrected chi connectivity index (χ2v) is 15.3. The Bertz CT molecular complexity index is 2430. The van der Waals surface area contributed by atoms with E-state index in [1.165, 1.54) is 31.2 Å². The number of rotatable bonds is 15. The number of esters is 1. The van der Waals surface area contributed by atoms with Gasteiger partial charge in [0.1, 0.15) is 23.4 Å². The number of carbonyl (C=O) groups excluding carboxylic acids is 4. The van der Waals surface area contributed by atoms with Crippen LogP contribution < -0.4 is 26.7 Å². The minimum atomic E-state index is -3.15. The predicted molar refractivity (Wildman–Crippen MR) is 222 cm³/mol. The van der Waals surface area contributed by atoms with Crippen molar-refractivity contribution in [2.45, 2.75) is 88.8 Å². The van der Waals surface area contributed by atoms with E-state index < -0.39 is 95.8 Å². The molecule has 1 aliphatic carbocycles. The number of fused-ring (bicyclic) bond motifs is 2. The molecule has 2 aliphatic rings. The lowest BCUT2D eigenvalue weighted by Gasteiger charge is -2.44. The van der Waals surface area contributed by atoms with Crippen molar-refractivity contribution in [3.8, 4) is 17.2 Å². The van der Waals surface area contributed by atoms with Crippen LogP contribution in [0, 0.1) is 0 Å². The Labute approximate surface area is 355 Å². The molecule has 1 heterocycles. The molecule has 6 rings (SSSR count). The van der Waals surface area contributed by atoms with Crippen LogP contribution in [0.5, 0.6) is 17.2 Å². The van der Waals surface area contributed by atoms with Gasteiger partial charge in [0.15, 0.2) is 24.0 Å². The topological polar surface area (TPSA) is 316 Å². The number of nitrogens with two attached hydrogens (primary N) is 3. The summed E-state index contributed by atoms with van der Waals surface area (Å²) in [5.74, 6) is -7.18. The predicted octanol–water partition coefficient (Wildman–Crippen LogP) is 1.24. The summed E-state index contributed by atoms with van der Waals surface area (Å²) >= 11 is 0. The Morgan fingerprint density at radius 1 is 0.935 bits per heavy atom. The van der Waals surface area contributed by atoms with Crippen molar-refractivity contribution < 1.29 is 69.1 Å². The lowest BCUT2D eigenvalue weighted by Crippen LogP contribution is -2.67. The number of benzene rings is 4. The van der Waals surface area contributed by atoms with Crippen LogP contribution in [0.15, 0.2) is 54.6 Å². The monoisotopic (exact) mass is 855 g/mol. The van der Waals surface area contributed by atoms with Gasteiger partial charge in [-0.25, -0.2) is 0 Å². The Hall–Kier alpha value is -5.70. The summed E-state index contributed by atoms with van der Waals surface area (Å²) in [6.45, 7) is 2.02. The molecule has 0 bridgehead atoms. The molecule has 328 valence electrons. The van der Waals surface area contributed by atoms with Gasteiger partial charge in [0, 0.05) is 46.7 Å². The maximum atomic E-state index is 14.9. The van der Waals surface area contributed by atoms with Gasteiger partial charge >= 0.3 is 5.97 Å². The molecule has 13 N–H and O–H groups in total. The highest BCUT2D eigenvalue weighted by Gasteiger charge is 2.54. The molecule has 0 radical (unpaired) electrons. The first-order valence-electron chi connectivity index (χ1n) is 19.8. The van der Waals surface area contributed by atoms with E-state index in [2.05, 4.69) is 0 Å². The summed E-state index contributed by atoms with van der Waals surface area (Å²) in [5.41, 5.74) is 17.4. The highest BCUT2D eigenvalue weighted by Crippen LogP contribution is 2.46. The van der Waals surface area contributed by atoms with Crippen molar-refractivity contribution in [1.29, 1.82) is 0 Å². The number of carbonyl (C=O) groups is 4. The normalized spacial score (nSPS) is 19.9. The van der Waals surface area contributed by atoms with Crippen molar-refractivity contribution in [3.05, 3.63) is 121 Å². The molecule has 0 unspecified atom stereocenters. The van der Waals surface area contributed by atoms with Crippen LogP contribution in [-0.4, -0.2) is 103 Å². The van der Waals surface area contributed by atoms with E-state index in [4.69, 9.17) is 31.4 Å². The molecule has 4 aromatic carbocycles. The van der Waals surface area contributed by atoms with Crippen molar-refractivity contribution in [2.75, 3.05) is 6.54 Å². The fourth-order valence-corrected chi connectivity index (χ4v) is 7.82. The number of phenolic OH excluding ortho intramolecular Hbond substituents is 1. The second kappa shape index (κ2) is 18.7. The first-order valence-corrected chi connectivity index (χ1v) is 19.8. The molecule has 0 aromatic heterocycles. The van der Waals surface area contributed by atoms with Gasteiger partial charge in [0.2, 0.25) is 12.1 Å². The SMILES string of the molecule is CC(=O)Oc1cc(CO)c2c(c1/C=C/c1cccc(C[C@H](O)CCCN)c1)C(=O)c1cc(O[C@H]3O[C@@H](C)[C@@H](O)C(O)(O)[C@H]3O)c(Cc3cccc(C(N)N)c3C=O)c(O)c1C2=O. The minimum Gasteiger partial charge on any atom is -0.507 e. The number of aromatic hydroxyl groups is 1. The van der Waals surface area contributed by atoms with E-state index in [-0.39, 0.29) is 50.3 Å². The third-order valence-corrected chi connectivity index (χ3v) is 11.0. The van der Waals surface area contributed by atoms with Gasteiger partial charge in [-0.15, -0.1) is 0 Å². The van der Waals surface area contributed by atoms with E-state index in [9.17, 15) is 54.9 Å². The molecule has 4 aromatic rings. The first kappa shape index (κ1) is 45.8. The summed E-state index contributed by atoms with van der Waals surface area (Å²) in [4.78, 5) is 54.5. The number of ether oxygens (including phenoxy) is 3. The number of hydrogen-bond acceptors (Lipinski definition) is 17. The Balaban J connectivity index is 1.54. The van der Waals surface area contributed by atoms with E-state index >= 15 is 0 Å². The molecule has 1 fully saturated rings. The highest BCUT2D eigenvalue weighted by molar-refractivity contribution is 6.31. The third-order valence-electron chi connectivity index (χ3n) is 11.0. The van der Waals surface area contributed by atoms with Crippen LogP contribution in [0.25, 0.3) is 12.2 Å². The van der Waals surface area contributed by atoms with Gasteiger partial charge in [-0.2, -0.15) is 0 Å². The average molecular weight is 856 g/mol. The molecule has 62 heavy (non-hydrogen) atoms. The molecular formula is C45H49N3O14. The fraction of sp³-hybridized carbons (Fsp3) is 0.333. The molecule has 17 nitrogen and oxygen atoms in total. The van der Waals surface area contributed by atoms with Crippen molar-refractivity contribution in [2.24, 2.45) is 17.2 Å². The zero-order chi connectivity index (χ0) is 45.2. The number of ketones is 2. The number of aliphatic hydroxyl groups excluding tert-OH is 4. The van der Waals surface area contributed by atoms with Crippen LogP contribution in [0.1, 0.15) is 114 Å². The smallest absolute Gasteiger partial charge is 0.308 e.